The fraction of sp³-hybridized carbons (Fsp3) is 0.611. The molecule has 0 radical (unpaired) electrons. The molecule has 0 aromatic heterocycles. The molecule has 0 saturated carbocycles. The second-order valence-corrected chi connectivity index (χ2v) is 5.48. The lowest BCUT2D eigenvalue weighted by Crippen LogP contribution is -2.46. The van der Waals surface area contributed by atoms with E-state index in [1.54, 1.807) is 7.11 Å². The Morgan fingerprint density at radius 2 is 1.61 bits per heavy atom. The third kappa shape index (κ3) is 6.10. The van der Waals surface area contributed by atoms with Gasteiger partial charge in [-0.05, 0) is 51.2 Å². The van der Waals surface area contributed by atoms with Gasteiger partial charge in [0.05, 0.1) is 19.7 Å². The highest BCUT2D eigenvalue weighted by atomic mass is 16.5. The molecule has 0 fully saturated rings. The van der Waals surface area contributed by atoms with Crippen LogP contribution in [-0.4, -0.2) is 61.6 Å². The van der Waals surface area contributed by atoms with Crippen LogP contribution in [0.5, 0.6) is 11.5 Å². The monoisotopic (exact) mass is 322 g/mol. The number of carbonyl (C=O) groups is 1. The van der Waals surface area contributed by atoms with Crippen LogP contribution in [0.4, 0.5) is 0 Å². The van der Waals surface area contributed by atoms with E-state index in [9.17, 15) is 4.79 Å². The lowest BCUT2D eigenvalue weighted by molar-refractivity contribution is -0.134. The highest BCUT2D eigenvalue weighted by molar-refractivity contribution is 5.78. The van der Waals surface area contributed by atoms with Crippen molar-refractivity contribution in [1.29, 1.82) is 0 Å². The van der Waals surface area contributed by atoms with Gasteiger partial charge in [-0.2, -0.15) is 0 Å². The number of hydrogen-bond acceptors (Lipinski definition) is 4. The summed E-state index contributed by atoms with van der Waals surface area (Å²) in [5.41, 5.74) is 0. The number of hydrogen-bond donors (Lipinski definition) is 0. The molecule has 0 aliphatic rings. The zero-order valence-electron chi connectivity index (χ0n) is 15.0. The maximum Gasteiger partial charge on any atom is 0.237 e. The third-order valence-corrected chi connectivity index (χ3v) is 4.00. The molecule has 1 rings (SSSR count). The number of rotatable bonds is 10. The summed E-state index contributed by atoms with van der Waals surface area (Å²) >= 11 is 0. The number of methoxy groups -OCH3 is 1. The van der Waals surface area contributed by atoms with Crippen LogP contribution in [0.25, 0.3) is 0 Å². The van der Waals surface area contributed by atoms with Gasteiger partial charge in [0.2, 0.25) is 5.91 Å². The molecule has 0 aliphatic carbocycles. The zero-order valence-corrected chi connectivity index (χ0v) is 15.0. The first kappa shape index (κ1) is 19.3. The largest absolute Gasteiger partial charge is 0.497 e. The van der Waals surface area contributed by atoms with Crippen LogP contribution < -0.4 is 9.47 Å². The van der Waals surface area contributed by atoms with Crippen LogP contribution in [0.2, 0.25) is 0 Å². The summed E-state index contributed by atoms with van der Waals surface area (Å²) < 4.78 is 10.9. The Morgan fingerprint density at radius 3 is 2.09 bits per heavy atom. The summed E-state index contributed by atoms with van der Waals surface area (Å²) in [5, 5.41) is 0. The van der Waals surface area contributed by atoms with Gasteiger partial charge in [0.15, 0.2) is 0 Å². The minimum Gasteiger partial charge on any atom is -0.497 e. The van der Waals surface area contributed by atoms with Crippen molar-refractivity contribution < 1.29 is 14.3 Å². The van der Waals surface area contributed by atoms with E-state index in [-0.39, 0.29) is 11.9 Å². The van der Waals surface area contributed by atoms with E-state index < -0.39 is 0 Å². The first-order valence-electron chi connectivity index (χ1n) is 8.34. The summed E-state index contributed by atoms with van der Waals surface area (Å²) in [6.07, 6.45) is 0. The Kier molecular flexibility index (Phi) is 8.48. The minimum atomic E-state index is 0.0326. The standard InChI is InChI=1S/C18H30N2O3/c1-6-19(7-2)13-18(21)20(8-3)15(4)14-23-17-11-9-16(22-5)10-12-17/h9-12,15H,6-8,13-14H2,1-5H3. The van der Waals surface area contributed by atoms with Gasteiger partial charge in [0, 0.05) is 6.54 Å². The molecular weight excluding hydrogens is 292 g/mol. The van der Waals surface area contributed by atoms with Gasteiger partial charge in [0.1, 0.15) is 18.1 Å². The maximum atomic E-state index is 12.5. The van der Waals surface area contributed by atoms with E-state index >= 15 is 0 Å². The first-order chi connectivity index (χ1) is 11.0. The van der Waals surface area contributed by atoms with Crippen molar-refractivity contribution in [3.8, 4) is 11.5 Å². The molecule has 5 heteroatoms. The molecule has 1 atom stereocenters. The summed E-state index contributed by atoms with van der Waals surface area (Å²) in [5.74, 6) is 1.74. The van der Waals surface area contributed by atoms with Gasteiger partial charge in [-0.15, -0.1) is 0 Å². The number of likely N-dealkylation sites (N-methyl/N-ethyl adjacent to an activating group) is 2. The van der Waals surface area contributed by atoms with Crippen molar-refractivity contribution >= 4 is 5.91 Å². The highest BCUT2D eigenvalue weighted by Crippen LogP contribution is 2.17. The normalized spacial score (nSPS) is 12.1. The van der Waals surface area contributed by atoms with Gasteiger partial charge >= 0.3 is 0 Å². The molecule has 1 unspecified atom stereocenters. The minimum absolute atomic E-state index is 0.0326. The Morgan fingerprint density at radius 1 is 1.04 bits per heavy atom. The lowest BCUT2D eigenvalue weighted by Gasteiger charge is -2.30. The van der Waals surface area contributed by atoms with Crippen LogP contribution in [-0.2, 0) is 4.79 Å². The van der Waals surface area contributed by atoms with E-state index in [1.165, 1.54) is 0 Å². The summed E-state index contributed by atoms with van der Waals surface area (Å²) in [4.78, 5) is 16.5. The molecule has 1 aromatic rings. The van der Waals surface area contributed by atoms with Crippen LogP contribution in [0.1, 0.15) is 27.7 Å². The molecule has 130 valence electrons. The van der Waals surface area contributed by atoms with Gasteiger partial charge < -0.3 is 14.4 Å². The van der Waals surface area contributed by atoms with Crippen molar-refractivity contribution in [2.24, 2.45) is 0 Å². The smallest absolute Gasteiger partial charge is 0.237 e. The molecule has 1 amide bonds. The average Bonchev–Trinajstić information content (AvgIpc) is 2.58. The quantitative estimate of drug-likeness (QED) is 0.664. The van der Waals surface area contributed by atoms with Crippen LogP contribution in [0.15, 0.2) is 24.3 Å². The van der Waals surface area contributed by atoms with Gasteiger partial charge in [0.25, 0.3) is 0 Å². The van der Waals surface area contributed by atoms with E-state index in [1.807, 2.05) is 43.0 Å². The number of ether oxygens (including phenoxy) is 2. The molecule has 0 spiro atoms. The molecule has 0 aliphatic heterocycles. The third-order valence-electron chi connectivity index (χ3n) is 4.00. The second kappa shape index (κ2) is 10.1. The topological polar surface area (TPSA) is 42.0 Å². The highest BCUT2D eigenvalue weighted by Gasteiger charge is 2.20. The van der Waals surface area contributed by atoms with Crippen molar-refractivity contribution in [3.05, 3.63) is 24.3 Å². The predicted molar refractivity (Wildman–Crippen MR) is 93.1 cm³/mol. The van der Waals surface area contributed by atoms with Crippen molar-refractivity contribution in [3.63, 3.8) is 0 Å². The first-order valence-corrected chi connectivity index (χ1v) is 8.34. The Bertz CT molecular complexity index is 458. The zero-order chi connectivity index (χ0) is 17.2. The van der Waals surface area contributed by atoms with E-state index in [0.717, 1.165) is 24.6 Å². The van der Waals surface area contributed by atoms with E-state index in [4.69, 9.17) is 9.47 Å². The Labute approximate surface area is 140 Å². The molecule has 0 bridgehead atoms. The molecular formula is C18H30N2O3. The molecule has 0 N–H and O–H groups in total. The second-order valence-electron chi connectivity index (χ2n) is 5.48. The van der Waals surface area contributed by atoms with Gasteiger partial charge in [-0.25, -0.2) is 0 Å². The SMILES string of the molecule is CCN(CC)CC(=O)N(CC)C(C)COc1ccc(OC)cc1. The summed E-state index contributed by atoms with van der Waals surface area (Å²) in [7, 11) is 1.64. The van der Waals surface area contributed by atoms with Crippen LogP contribution >= 0.6 is 0 Å². The van der Waals surface area contributed by atoms with Crippen molar-refractivity contribution in [2.75, 3.05) is 39.9 Å². The fourth-order valence-corrected chi connectivity index (χ4v) is 2.44. The number of carbonyl (C=O) groups excluding carboxylic acids is 1. The lowest BCUT2D eigenvalue weighted by atomic mass is 10.2. The number of nitrogens with zero attached hydrogens (tertiary/aromatic N) is 2. The van der Waals surface area contributed by atoms with Crippen molar-refractivity contribution in [1.82, 2.24) is 9.80 Å². The number of amides is 1. The Balaban J connectivity index is 2.54. The molecule has 0 saturated heterocycles. The summed E-state index contributed by atoms with van der Waals surface area (Å²) in [6, 6.07) is 7.51. The van der Waals surface area contributed by atoms with Gasteiger partial charge in [-0.1, -0.05) is 13.8 Å². The molecule has 23 heavy (non-hydrogen) atoms. The number of benzene rings is 1. The fourth-order valence-electron chi connectivity index (χ4n) is 2.44. The van der Waals surface area contributed by atoms with E-state index in [2.05, 4.69) is 18.7 Å². The molecule has 0 heterocycles. The average molecular weight is 322 g/mol. The predicted octanol–water partition coefficient (Wildman–Crippen LogP) is 2.65. The van der Waals surface area contributed by atoms with Gasteiger partial charge in [-0.3, -0.25) is 9.69 Å². The molecule has 5 nitrogen and oxygen atoms in total. The van der Waals surface area contributed by atoms with Crippen LogP contribution in [0, 0.1) is 0 Å². The maximum absolute atomic E-state index is 12.5. The van der Waals surface area contributed by atoms with Crippen LogP contribution in [0.3, 0.4) is 0 Å². The molecule has 1 aromatic carbocycles. The van der Waals surface area contributed by atoms with Crippen molar-refractivity contribution in [2.45, 2.75) is 33.7 Å². The summed E-state index contributed by atoms with van der Waals surface area (Å²) in [6.45, 7) is 11.6. The van der Waals surface area contributed by atoms with E-state index in [0.29, 0.717) is 19.7 Å². The Hall–Kier alpha value is -1.75.